The zero-order chi connectivity index (χ0) is 17.0. The van der Waals surface area contributed by atoms with E-state index in [9.17, 15) is 8.42 Å². The number of hydrogen-bond acceptors (Lipinski definition) is 6. The smallest absolute Gasteiger partial charge is 0.264 e. The van der Waals surface area contributed by atoms with Crippen molar-refractivity contribution in [3.05, 3.63) is 65.7 Å². The zero-order valence-electron chi connectivity index (χ0n) is 13.1. The van der Waals surface area contributed by atoms with Crippen LogP contribution < -0.4 is 5.32 Å². The number of sulfone groups is 1. The van der Waals surface area contributed by atoms with E-state index in [2.05, 4.69) is 15.5 Å². The van der Waals surface area contributed by atoms with Crippen LogP contribution in [0.3, 0.4) is 0 Å². The van der Waals surface area contributed by atoms with E-state index in [-0.39, 0.29) is 5.75 Å². The lowest BCUT2D eigenvalue weighted by molar-refractivity contribution is 0.432. The van der Waals surface area contributed by atoms with Crippen LogP contribution in [0.4, 0.5) is 5.95 Å². The Hall–Kier alpha value is -2.67. The summed E-state index contributed by atoms with van der Waals surface area (Å²) in [6.45, 7) is 0.521. The van der Waals surface area contributed by atoms with Crippen LogP contribution >= 0.6 is 0 Å². The molecule has 7 heteroatoms. The second-order valence-electron chi connectivity index (χ2n) is 5.53. The van der Waals surface area contributed by atoms with Gasteiger partial charge in [-0.05, 0) is 28.4 Å². The summed E-state index contributed by atoms with van der Waals surface area (Å²) in [5.74, 6) is 0.919. The maximum Gasteiger partial charge on any atom is 0.264 e. The molecule has 0 saturated heterocycles. The van der Waals surface area contributed by atoms with Gasteiger partial charge < -0.3 is 9.84 Å². The van der Waals surface area contributed by atoms with E-state index in [1.807, 2.05) is 54.6 Å². The summed E-state index contributed by atoms with van der Waals surface area (Å²) < 4.78 is 27.8. The number of aromatic nitrogens is 2. The van der Waals surface area contributed by atoms with Crippen molar-refractivity contribution < 1.29 is 12.9 Å². The molecule has 0 fully saturated rings. The molecule has 2 aromatic carbocycles. The Kier molecular flexibility index (Phi) is 4.61. The van der Waals surface area contributed by atoms with Crippen molar-refractivity contribution in [2.45, 2.75) is 12.3 Å². The quantitative estimate of drug-likeness (QED) is 0.741. The molecule has 0 unspecified atom stereocenters. The number of nitrogens with zero attached hydrogens (tertiary/aromatic N) is 2. The lowest BCUT2D eigenvalue weighted by atomic mass is 10.1. The Labute approximate surface area is 140 Å². The SMILES string of the molecule is CS(=O)(=O)Cc1ccc(CNc2noc(-c3ccccc3)n2)cc1. The van der Waals surface area contributed by atoms with E-state index in [4.69, 9.17) is 4.52 Å². The average molecular weight is 343 g/mol. The number of benzene rings is 2. The Morgan fingerprint density at radius 2 is 1.67 bits per heavy atom. The molecule has 24 heavy (non-hydrogen) atoms. The molecule has 1 heterocycles. The Bertz CT molecular complexity index is 904. The van der Waals surface area contributed by atoms with Gasteiger partial charge in [0.1, 0.15) is 0 Å². The van der Waals surface area contributed by atoms with Crippen LogP contribution in [-0.4, -0.2) is 24.8 Å². The molecular weight excluding hydrogens is 326 g/mol. The van der Waals surface area contributed by atoms with Crippen LogP contribution in [0.1, 0.15) is 11.1 Å². The lowest BCUT2D eigenvalue weighted by Gasteiger charge is -2.04. The van der Waals surface area contributed by atoms with Gasteiger partial charge in [-0.3, -0.25) is 0 Å². The summed E-state index contributed by atoms with van der Waals surface area (Å²) in [6.07, 6.45) is 1.23. The third-order valence-corrected chi connectivity index (χ3v) is 4.21. The van der Waals surface area contributed by atoms with Gasteiger partial charge in [0.15, 0.2) is 9.84 Å². The normalized spacial score (nSPS) is 11.4. The van der Waals surface area contributed by atoms with Crippen LogP contribution in [-0.2, 0) is 22.1 Å². The summed E-state index contributed by atoms with van der Waals surface area (Å²) in [4.78, 5) is 4.29. The fourth-order valence-electron chi connectivity index (χ4n) is 2.23. The number of hydrogen-bond donors (Lipinski definition) is 1. The first kappa shape index (κ1) is 16.2. The van der Waals surface area contributed by atoms with Crippen LogP contribution in [0.5, 0.6) is 0 Å². The minimum atomic E-state index is -3.02. The fraction of sp³-hybridized carbons (Fsp3) is 0.176. The minimum Gasteiger partial charge on any atom is -0.347 e. The third-order valence-electron chi connectivity index (χ3n) is 3.35. The van der Waals surface area contributed by atoms with Gasteiger partial charge in [0.25, 0.3) is 11.8 Å². The van der Waals surface area contributed by atoms with Crippen molar-refractivity contribution >= 4 is 15.8 Å². The van der Waals surface area contributed by atoms with Gasteiger partial charge in [0.2, 0.25) is 0 Å². The molecule has 0 atom stereocenters. The van der Waals surface area contributed by atoms with Crippen molar-refractivity contribution in [2.24, 2.45) is 0 Å². The van der Waals surface area contributed by atoms with E-state index in [0.29, 0.717) is 18.4 Å². The van der Waals surface area contributed by atoms with Crippen LogP contribution in [0.25, 0.3) is 11.5 Å². The van der Waals surface area contributed by atoms with Gasteiger partial charge in [-0.1, -0.05) is 42.5 Å². The van der Waals surface area contributed by atoms with E-state index >= 15 is 0 Å². The molecule has 1 aromatic heterocycles. The van der Waals surface area contributed by atoms with E-state index in [0.717, 1.165) is 16.7 Å². The Balaban J connectivity index is 1.61. The first-order valence-corrected chi connectivity index (χ1v) is 9.44. The predicted octanol–water partition coefficient (Wildman–Crippen LogP) is 2.89. The van der Waals surface area contributed by atoms with Crippen molar-refractivity contribution in [3.63, 3.8) is 0 Å². The summed E-state index contributed by atoms with van der Waals surface area (Å²) in [5.41, 5.74) is 2.63. The van der Waals surface area contributed by atoms with Gasteiger partial charge in [-0.2, -0.15) is 4.98 Å². The molecule has 0 aliphatic carbocycles. The zero-order valence-corrected chi connectivity index (χ0v) is 14.0. The highest BCUT2D eigenvalue weighted by Crippen LogP contribution is 2.18. The predicted molar refractivity (Wildman–Crippen MR) is 92.1 cm³/mol. The maximum atomic E-state index is 11.3. The van der Waals surface area contributed by atoms with Crippen LogP contribution in [0.2, 0.25) is 0 Å². The minimum absolute atomic E-state index is 0.0476. The molecule has 0 saturated carbocycles. The third kappa shape index (κ3) is 4.42. The monoisotopic (exact) mass is 343 g/mol. The molecule has 0 bridgehead atoms. The first-order valence-electron chi connectivity index (χ1n) is 7.38. The van der Waals surface area contributed by atoms with Gasteiger partial charge in [0, 0.05) is 18.4 Å². The standard InChI is InChI=1S/C17H17N3O3S/c1-24(21,22)12-14-9-7-13(8-10-14)11-18-17-19-16(23-20-17)15-5-3-2-4-6-15/h2-10H,11-12H2,1H3,(H,18,20). The van der Waals surface area contributed by atoms with Gasteiger partial charge in [-0.15, -0.1) is 0 Å². The molecule has 3 rings (SSSR count). The highest BCUT2D eigenvalue weighted by molar-refractivity contribution is 7.89. The summed E-state index contributed by atoms with van der Waals surface area (Å²) in [5, 5.41) is 6.98. The molecule has 1 N–H and O–H groups in total. The summed E-state index contributed by atoms with van der Waals surface area (Å²) in [6, 6.07) is 16.9. The summed E-state index contributed by atoms with van der Waals surface area (Å²) >= 11 is 0. The first-order chi connectivity index (χ1) is 11.5. The number of anilines is 1. The molecular formula is C17H17N3O3S. The maximum absolute atomic E-state index is 11.3. The highest BCUT2D eigenvalue weighted by atomic mass is 32.2. The van der Waals surface area contributed by atoms with E-state index in [1.165, 1.54) is 6.26 Å². The molecule has 6 nitrogen and oxygen atoms in total. The largest absolute Gasteiger partial charge is 0.347 e. The molecule has 0 spiro atoms. The fourth-order valence-corrected chi connectivity index (χ4v) is 3.03. The van der Waals surface area contributed by atoms with Crippen LogP contribution in [0.15, 0.2) is 59.1 Å². The van der Waals surface area contributed by atoms with Crippen molar-refractivity contribution in [2.75, 3.05) is 11.6 Å². The molecule has 3 aromatic rings. The van der Waals surface area contributed by atoms with Gasteiger partial charge >= 0.3 is 0 Å². The molecule has 0 amide bonds. The number of rotatable bonds is 6. The Morgan fingerprint density at radius 3 is 2.33 bits per heavy atom. The van der Waals surface area contributed by atoms with E-state index < -0.39 is 9.84 Å². The van der Waals surface area contributed by atoms with Crippen LogP contribution in [0, 0.1) is 0 Å². The van der Waals surface area contributed by atoms with Crippen molar-refractivity contribution in [1.82, 2.24) is 10.1 Å². The van der Waals surface area contributed by atoms with Gasteiger partial charge in [-0.25, -0.2) is 8.42 Å². The lowest BCUT2D eigenvalue weighted by Crippen LogP contribution is -2.03. The van der Waals surface area contributed by atoms with Crippen molar-refractivity contribution in [3.8, 4) is 11.5 Å². The molecule has 124 valence electrons. The highest BCUT2D eigenvalue weighted by Gasteiger charge is 2.08. The Morgan fingerprint density at radius 1 is 1.00 bits per heavy atom. The molecule has 0 radical (unpaired) electrons. The second-order valence-corrected chi connectivity index (χ2v) is 7.67. The number of nitrogens with one attached hydrogen (secondary N) is 1. The molecule has 0 aliphatic heterocycles. The van der Waals surface area contributed by atoms with Gasteiger partial charge in [0.05, 0.1) is 5.75 Å². The summed E-state index contributed by atoms with van der Waals surface area (Å²) in [7, 11) is -3.02. The average Bonchev–Trinajstić information content (AvgIpc) is 3.03. The van der Waals surface area contributed by atoms with Crippen molar-refractivity contribution in [1.29, 1.82) is 0 Å². The van der Waals surface area contributed by atoms with E-state index in [1.54, 1.807) is 0 Å². The topological polar surface area (TPSA) is 85.1 Å². The second kappa shape index (κ2) is 6.84. The molecule has 0 aliphatic rings.